The lowest BCUT2D eigenvalue weighted by molar-refractivity contribution is -0.127. The van der Waals surface area contributed by atoms with E-state index in [0.29, 0.717) is 6.54 Å². The van der Waals surface area contributed by atoms with Crippen molar-refractivity contribution in [3.63, 3.8) is 0 Å². The third-order valence-corrected chi connectivity index (χ3v) is 4.40. The van der Waals surface area contributed by atoms with E-state index in [1.807, 2.05) is 18.2 Å². The van der Waals surface area contributed by atoms with Gasteiger partial charge in [-0.1, -0.05) is 37.3 Å². The zero-order chi connectivity index (χ0) is 16.7. The molecule has 0 bridgehead atoms. The summed E-state index contributed by atoms with van der Waals surface area (Å²) >= 11 is 0. The van der Waals surface area contributed by atoms with Gasteiger partial charge < -0.3 is 15.5 Å². The normalized spacial score (nSPS) is 19.3. The Kier molecular flexibility index (Phi) is 7.02. The first-order chi connectivity index (χ1) is 11.1. The van der Waals surface area contributed by atoms with Crippen molar-refractivity contribution in [3.8, 4) is 0 Å². The summed E-state index contributed by atoms with van der Waals surface area (Å²) in [5.41, 5.74) is 1.07. The number of nitrogens with one attached hydrogen (secondary N) is 2. The van der Waals surface area contributed by atoms with Gasteiger partial charge in [-0.05, 0) is 26.1 Å². The molecule has 5 nitrogen and oxygen atoms in total. The smallest absolute Gasteiger partial charge is 0.242 e. The zero-order valence-corrected chi connectivity index (χ0v) is 14.6. The fourth-order valence-electron chi connectivity index (χ4n) is 3.01. The molecule has 2 N–H and O–H groups in total. The highest BCUT2D eigenvalue weighted by Crippen LogP contribution is 2.22. The van der Waals surface area contributed by atoms with Crippen LogP contribution in [0, 0.1) is 0 Å². The first-order valence-corrected chi connectivity index (χ1v) is 8.60. The third-order valence-electron chi connectivity index (χ3n) is 4.40. The summed E-state index contributed by atoms with van der Waals surface area (Å²) in [6.07, 6.45) is 0. The lowest BCUT2D eigenvalue weighted by atomic mass is 10.0. The van der Waals surface area contributed by atoms with Crippen LogP contribution in [-0.4, -0.2) is 68.1 Å². The van der Waals surface area contributed by atoms with Crippen molar-refractivity contribution in [1.82, 2.24) is 20.4 Å². The molecule has 1 heterocycles. The van der Waals surface area contributed by atoms with Crippen LogP contribution in [0.15, 0.2) is 30.3 Å². The molecule has 0 aliphatic carbocycles. The summed E-state index contributed by atoms with van der Waals surface area (Å²) in [5, 5.41) is 6.45. The van der Waals surface area contributed by atoms with E-state index in [4.69, 9.17) is 0 Å². The Hall–Kier alpha value is -1.43. The Morgan fingerprint density at radius 1 is 1.17 bits per heavy atom. The van der Waals surface area contributed by atoms with Crippen LogP contribution in [0.5, 0.6) is 0 Å². The zero-order valence-electron chi connectivity index (χ0n) is 14.6. The molecular weight excluding hydrogens is 288 g/mol. The number of nitrogens with zero attached hydrogens (tertiary/aromatic N) is 2. The van der Waals surface area contributed by atoms with E-state index in [1.54, 1.807) is 0 Å². The number of likely N-dealkylation sites (N-methyl/N-ethyl adjacent to an activating group) is 2. The van der Waals surface area contributed by atoms with Gasteiger partial charge in [0, 0.05) is 38.8 Å². The van der Waals surface area contributed by atoms with E-state index < -0.39 is 0 Å². The van der Waals surface area contributed by atoms with Crippen molar-refractivity contribution < 1.29 is 4.79 Å². The lowest BCUT2D eigenvalue weighted by Crippen LogP contribution is -2.51. The summed E-state index contributed by atoms with van der Waals surface area (Å²) in [6, 6.07) is 10.2. The van der Waals surface area contributed by atoms with E-state index in [9.17, 15) is 4.79 Å². The minimum Gasteiger partial charge on any atom is -0.353 e. The van der Waals surface area contributed by atoms with Crippen LogP contribution < -0.4 is 10.6 Å². The van der Waals surface area contributed by atoms with Crippen LogP contribution >= 0.6 is 0 Å². The fourth-order valence-corrected chi connectivity index (χ4v) is 3.01. The van der Waals surface area contributed by atoms with Crippen molar-refractivity contribution in [2.75, 3.05) is 46.3 Å². The molecule has 2 rings (SSSR count). The van der Waals surface area contributed by atoms with Gasteiger partial charge in [-0.25, -0.2) is 0 Å². The molecule has 1 fully saturated rings. The van der Waals surface area contributed by atoms with E-state index in [2.05, 4.69) is 53.5 Å². The summed E-state index contributed by atoms with van der Waals surface area (Å²) < 4.78 is 0. The molecule has 0 saturated carbocycles. The van der Waals surface area contributed by atoms with Gasteiger partial charge in [-0.3, -0.25) is 9.69 Å². The molecule has 0 spiro atoms. The summed E-state index contributed by atoms with van der Waals surface area (Å²) in [7, 11) is 2.13. The quantitative estimate of drug-likeness (QED) is 0.790. The molecule has 1 aliphatic rings. The molecule has 1 aromatic carbocycles. The van der Waals surface area contributed by atoms with Gasteiger partial charge in [0.2, 0.25) is 5.91 Å². The number of carbonyl (C=O) groups is 1. The van der Waals surface area contributed by atoms with Gasteiger partial charge in [0.05, 0.1) is 0 Å². The average molecular weight is 318 g/mol. The number of piperazine rings is 1. The number of carbonyl (C=O) groups excluding carboxylic acids is 1. The van der Waals surface area contributed by atoms with Crippen molar-refractivity contribution in [3.05, 3.63) is 35.9 Å². The molecule has 0 aromatic heterocycles. The molecule has 1 saturated heterocycles. The number of rotatable bonds is 7. The monoisotopic (exact) mass is 318 g/mol. The van der Waals surface area contributed by atoms with Crippen LogP contribution in [0.3, 0.4) is 0 Å². The van der Waals surface area contributed by atoms with E-state index in [1.165, 1.54) is 0 Å². The molecule has 5 heteroatoms. The minimum absolute atomic E-state index is 0.102. The highest BCUT2D eigenvalue weighted by Gasteiger charge is 2.29. The standard InChI is InChI=1S/C18H30N4O/c1-4-19-15(2)14-20-18(23)17(16-8-6-5-7-9-16)22-12-10-21(3)11-13-22/h5-9,15,17,19H,4,10-14H2,1-3H3,(H,20,23)/t15-,17?/m1/s1. The first kappa shape index (κ1) is 17.9. The van der Waals surface area contributed by atoms with Crippen molar-refractivity contribution >= 4 is 5.91 Å². The van der Waals surface area contributed by atoms with Crippen molar-refractivity contribution in [2.45, 2.75) is 25.9 Å². The SMILES string of the molecule is CCN[C@H](C)CNC(=O)C(c1ccccc1)N1CCN(C)CC1. The second-order valence-electron chi connectivity index (χ2n) is 6.36. The number of hydrogen-bond acceptors (Lipinski definition) is 4. The Morgan fingerprint density at radius 3 is 2.43 bits per heavy atom. The second kappa shape index (κ2) is 9.01. The van der Waals surface area contributed by atoms with Crippen LogP contribution in [0.25, 0.3) is 0 Å². The summed E-state index contributed by atoms with van der Waals surface area (Å²) in [6.45, 7) is 9.60. The van der Waals surface area contributed by atoms with Gasteiger partial charge in [-0.15, -0.1) is 0 Å². The molecule has 1 unspecified atom stereocenters. The maximum atomic E-state index is 12.8. The van der Waals surface area contributed by atoms with Gasteiger partial charge >= 0.3 is 0 Å². The summed E-state index contributed by atoms with van der Waals surface area (Å²) in [5.74, 6) is 0.102. The first-order valence-electron chi connectivity index (χ1n) is 8.60. The number of benzene rings is 1. The highest BCUT2D eigenvalue weighted by atomic mass is 16.2. The molecular formula is C18H30N4O. The predicted molar refractivity (Wildman–Crippen MR) is 94.4 cm³/mol. The molecule has 1 amide bonds. The van der Waals surface area contributed by atoms with Crippen molar-refractivity contribution in [2.24, 2.45) is 0 Å². The molecule has 23 heavy (non-hydrogen) atoms. The highest BCUT2D eigenvalue weighted by molar-refractivity contribution is 5.83. The van der Waals surface area contributed by atoms with Gasteiger partial charge in [0.1, 0.15) is 6.04 Å². The number of hydrogen-bond donors (Lipinski definition) is 2. The second-order valence-corrected chi connectivity index (χ2v) is 6.36. The van der Waals surface area contributed by atoms with Gasteiger partial charge in [-0.2, -0.15) is 0 Å². The minimum atomic E-state index is -0.196. The van der Waals surface area contributed by atoms with E-state index in [0.717, 1.165) is 38.3 Å². The molecule has 2 atom stereocenters. The van der Waals surface area contributed by atoms with E-state index >= 15 is 0 Å². The van der Waals surface area contributed by atoms with E-state index in [-0.39, 0.29) is 18.0 Å². The van der Waals surface area contributed by atoms with Crippen LogP contribution in [-0.2, 0) is 4.79 Å². The Morgan fingerprint density at radius 2 is 1.83 bits per heavy atom. The number of amides is 1. The average Bonchev–Trinajstić information content (AvgIpc) is 2.56. The largest absolute Gasteiger partial charge is 0.353 e. The lowest BCUT2D eigenvalue weighted by Gasteiger charge is -2.37. The van der Waals surface area contributed by atoms with Crippen LogP contribution in [0.1, 0.15) is 25.5 Å². The maximum absolute atomic E-state index is 12.8. The van der Waals surface area contributed by atoms with Crippen molar-refractivity contribution in [1.29, 1.82) is 0 Å². The molecule has 1 aromatic rings. The Bertz CT molecular complexity index is 471. The topological polar surface area (TPSA) is 47.6 Å². The fraction of sp³-hybridized carbons (Fsp3) is 0.611. The Balaban J connectivity index is 2.05. The van der Waals surface area contributed by atoms with Gasteiger partial charge in [0.25, 0.3) is 0 Å². The molecule has 128 valence electrons. The van der Waals surface area contributed by atoms with Crippen LogP contribution in [0.2, 0.25) is 0 Å². The van der Waals surface area contributed by atoms with Crippen LogP contribution in [0.4, 0.5) is 0 Å². The predicted octanol–water partition coefficient (Wildman–Crippen LogP) is 1.09. The van der Waals surface area contributed by atoms with Gasteiger partial charge in [0.15, 0.2) is 0 Å². The molecule has 1 aliphatic heterocycles. The summed E-state index contributed by atoms with van der Waals surface area (Å²) in [4.78, 5) is 17.4. The molecule has 0 radical (unpaired) electrons. The maximum Gasteiger partial charge on any atom is 0.242 e. The Labute approximate surface area is 140 Å². The third kappa shape index (κ3) is 5.30.